The summed E-state index contributed by atoms with van der Waals surface area (Å²) in [5, 5.41) is 0. The molecule has 162 valence electrons. The van der Waals surface area contributed by atoms with E-state index in [2.05, 4.69) is 53.4 Å². The van der Waals surface area contributed by atoms with Crippen molar-refractivity contribution < 1.29 is 14.3 Å². The fourth-order valence-corrected chi connectivity index (χ4v) is 6.54. The van der Waals surface area contributed by atoms with Crippen LogP contribution in [0.2, 0.25) is 0 Å². The highest BCUT2D eigenvalue weighted by Gasteiger charge is 2.62. The quantitative estimate of drug-likeness (QED) is 0.668. The Morgan fingerprint density at radius 1 is 0.968 bits per heavy atom. The number of benzene rings is 2. The summed E-state index contributed by atoms with van der Waals surface area (Å²) in [6, 6.07) is 20.9. The highest BCUT2D eigenvalue weighted by molar-refractivity contribution is 5.80. The van der Waals surface area contributed by atoms with Crippen molar-refractivity contribution in [1.29, 1.82) is 0 Å². The summed E-state index contributed by atoms with van der Waals surface area (Å²) >= 11 is 0. The van der Waals surface area contributed by atoms with Gasteiger partial charge >= 0.3 is 0 Å². The molecule has 1 amide bonds. The second-order valence-electron chi connectivity index (χ2n) is 9.97. The molecule has 0 N–H and O–H groups in total. The van der Waals surface area contributed by atoms with E-state index in [1.54, 1.807) is 0 Å². The largest absolute Gasteiger partial charge is 0.373 e. The summed E-state index contributed by atoms with van der Waals surface area (Å²) < 4.78 is 12.8. The van der Waals surface area contributed by atoms with Crippen LogP contribution in [0.15, 0.2) is 60.7 Å². The predicted octanol–water partition coefficient (Wildman–Crippen LogP) is 5.24. The molecule has 2 aromatic rings. The second-order valence-corrected chi connectivity index (χ2v) is 9.97. The summed E-state index contributed by atoms with van der Waals surface area (Å²) in [5.41, 5.74) is 2.44. The summed E-state index contributed by atoms with van der Waals surface area (Å²) in [7, 11) is 0. The Bertz CT molecular complexity index is 937. The Hall–Kier alpha value is -2.17. The van der Waals surface area contributed by atoms with Crippen LogP contribution in [0, 0.1) is 11.3 Å². The minimum absolute atomic E-state index is 0.0648. The van der Waals surface area contributed by atoms with E-state index in [0.29, 0.717) is 37.1 Å². The zero-order valence-electron chi connectivity index (χ0n) is 18.0. The smallest absolute Gasteiger partial charge is 0.225 e. The average Bonchev–Trinajstić information content (AvgIpc) is 3.16. The van der Waals surface area contributed by atoms with E-state index in [-0.39, 0.29) is 17.7 Å². The number of hydrogen-bond donors (Lipinski definition) is 0. The average molecular weight is 418 g/mol. The number of nitrogens with zero attached hydrogens (tertiary/aromatic N) is 1. The van der Waals surface area contributed by atoms with Crippen molar-refractivity contribution in [2.45, 2.75) is 69.4 Å². The normalized spacial score (nSPS) is 36.7. The summed E-state index contributed by atoms with van der Waals surface area (Å²) in [4.78, 5) is 15.1. The van der Waals surface area contributed by atoms with Crippen molar-refractivity contribution in [1.82, 2.24) is 4.90 Å². The molecule has 0 aromatic heterocycles. The van der Waals surface area contributed by atoms with Gasteiger partial charge in [0, 0.05) is 18.8 Å². The third-order valence-electron chi connectivity index (χ3n) is 8.39. The monoisotopic (exact) mass is 417 g/mol. The molecule has 4 fully saturated rings. The van der Waals surface area contributed by atoms with Crippen LogP contribution >= 0.6 is 0 Å². The van der Waals surface area contributed by atoms with Crippen molar-refractivity contribution in [2.24, 2.45) is 11.3 Å². The van der Waals surface area contributed by atoms with Crippen molar-refractivity contribution >= 4 is 5.91 Å². The molecule has 1 spiro atoms. The Balaban J connectivity index is 1.12. The molecule has 4 nitrogen and oxygen atoms in total. The predicted molar refractivity (Wildman–Crippen MR) is 118 cm³/mol. The van der Waals surface area contributed by atoms with E-state index in [9.17, 15) is 4.79 Å². The van der Waals surface area contributed by atoms with Crippen molar-refractivity contribution in [3.8, 4) is 0 Å². The molecule has 4 aliphatic rings. The number of ether oxygens (including phenoxy) is 2. The molecule has 6 rings (SSSR count). The highest BCUT2D eigenvalue weighted by Crippen LogP contribution is 2.62. The van der Waals surface area contributed by atoms with Gasteiger partial charge in [0.25, 0.3) is 0 Å². The van der Waals surface area contributed by atoms with E-state index in [1.165, 1.54) is 30.4 Å². The van der Waals surface area contributed by atoms with Crippen LogP contribution in [0.25, 0.3) is 0 Å². The zero-order chi connectivity index (χ0) is 20.9. The number of carbonyl (C=O) groups is 1. The Morgan fingerprint density at radius 2 is 1.68 bits per heavy atom. The van der Waals surface area contributed by atoms with Gasteiger partial charge in [-0.1, -0.05) is 60.7 Å². The van der Waals surface area contributed by atoms with Gasteiger partial charge in [0.15, 0.2) is 0 Å². The topological polar surface area (TPSA) is 38.8 Å². The number of carbonyl (C=O) groups excluding carboxylic acids is 1. The van der Waals surface area contributed by atoms with Crippen LogP contribution in [-0.4, -0.2) is 29.2 Å². The van der Waals surface area contributed by atoms with E-state index in [1.807, 2.05) is 12.1 Å². The van der Waals surface area contributed by atoms with Crippen LogP contribution in [0.3, 0.4) is 0 Å². The van der Waals surface area contributed by atoms with Crippen LogP contribution in [-0.2, 0) is 20.9 Å². The van der Waals surface area contributed by atoms with Crippen LogP contribution < -0.4 is 0 Å². The second kappa shape index (κ2) is 7.46. The number of fused-ring (bicyclic) bond motifs is 1. The van der Waals surface area contributed by atoms with Gasteiger partial charge in [0.05, 0.1) is 25.4 Å². The molecule has 2 saturated carbocycles. The van der Waals surface area contributed by atoms with Gasteiger partial charge in [-0.3, -0.25) is 4.79 Å². The summed E-state index contributed by atoms with van der Waals surface area (Å²) in [6.45, 7) is 1.34. The van der Waals surface area contributed by atoms with E-state index >= 15 is 0 Å². The van der Waals surface area contributed by atoms with Gasteiger partial charge in [0.2, 0.25) is 5.91 Å². The van der Waals surface area contributed by atoms with Crippen molar-refractivity contribution in [3.63, 3.8) is 0 Å². The molecule has 2 aliphatic heterocycles. The van der Waals surface area contributed by atoms with Gasteiger partial charge in [-0.2, -0.15) is 0 Å². The molecular formula is C27H31NO3. The standard InChI is InChI=1S/C27H31NO3/c29-25-13-16-27(28(25)23(19-31-27)21-9-5-2-6-10-21)22-11-14-26(15-12-22)17-24(26)30-18-20-7-3-1-4-8-20/h1-10,22-24H,11-19H2/t22?,23-,24+,26?,27+/m1/s1. The molecular weight excluding hydrogens is 386 g/mol. The molecule has 3 atom stereocenters. The van der Waals surface area contributed by atoms with Gasteiger partial charge < -0.3 is 14.4 Å². The summed E-state index contributed by atoms with van der Waals surface area (Å²) in [6.07, 6.45) is 7.71. The maximum Gasteiger partial charge on any atom is 0.225 e. The SMILES string of the molecule is O=C1CC[C@@]2(C3CCC4(CC3)C[C@@H]4OCc3ccccc3)OC[C@H](c3ccccc3)N12. The Kier molecular flexibility index (Phi) is 4.69. The third-order valence-corrected chi connectivity index (χ3v) is 8.39. The van der Waals surface area contributed by atoms with Gasteiger partial charge in [-0.15, -0.1) is 0 Å². The van der Waals surface area contributed by atoms with Crippen LogP contribution in [0.1, 0.15) is 62.1 Å². The molecule has 0 radical (unpaired) electrons. The molecule has 0 unspecified atom stereocenters. The maximum absolute atomic E-state index is 12.9. The highest BCUT2D eigenvalue weighted by atomic mass is 16.5. The van der Waals surface area contributed by atoms with Crippen molar-refractivity contribution in [3.05, 3.63) is 71.8 Å². The third kappa shape index (κ3) is 3.23. The lowest BCUT2D eigenvalue weighted by Gasteiger charge is -2.43. The first-order chi connectivity index (χ1) is 15.2. The lowest BCUT2D eigenvalue weighted by Crippen LogP contribution is -2.49. The Labute approximate surface area is 184 Å². The molecule has 0 bridgehead atoms. The minimum atomic E-state index is -0.380. The van der Waals surface area contributed by atoms with E-state index in [0.717, 1.165) is 19.3 Å². The first-order valence-electron chi connectivity index (χ1n) is 11.9. The fraction of sp³-hybridized carbons (Fsp3) is 0.519. The lowest BCUT2D eigenvalue weighted by atomic mass is 9.74. The molecule has 4 heteroatoms. The van der Waals surface area contributed by atoms with Gasteiger partial charge in [-0.05, 0) is 48.6 Å². The summed E-state index contributed by atoms with van der Waals surface area (Å²) in [5.74, 6) is 0.704. The van der Waals surface area contributed by atoms with Gasteiger partial charge in [-0.25, -0.2) is 0 Å². The van der Waals surface area contributed by atoms with Gasteiger partial charge in [0.1, 0.15) is 5.72 Å². The zero-order valence-corrected chi connectivity index (χ0v) is 18.0. The van der Waals surface area contributed by atoms with Crippen LogP contribution in [0.4, 0.5) is 0 Å². The maximum atomic E-state index is 12.9. The number of amides is 1. The molecule has 31 heavy (non-hydrogen) atoms. The minimum Gasteiger partial charge on any atom is -0.373 e. The Morgan fingerprint density at radius 3 is 2.42 bits per heavy atom. The van der Waals surface area contributed by atoms with E-state index in [4.69, 9.17) is 9.47 Å². The lowest BCUT2D eigenvalue weighted by molar-refractivity contribution is -0.151. The molecule has 2 heterocycles. The molecule has 2 saturated heterocycles. The van der Waals surface area contributed by atoms with Crippen LogP contribution in [0.5, 0.6) is 0 Å². The first kappa shape index (κ1) is 19.5. The van der Waals surface area contributed by atoms with E-state index < -0.39 is 0 Å². The fourth-order valence-electron chi connectivity index (χ4n) is 6.54. The number of hydrogen-bond acceptors (Lipinski definition) is 3. The molecule has 2 aliphatic carbocycles. The van der Waals surface area contributed by atoms with Crippen molar-refractivity contribution in [2.75, 3.05) is 6.61 Å². The first-order valence-corrected chi connectivity index (χ1v) is 11.9. The number of rotatable bonds is 5. The molecule has 2 aromatic carbocycles.